The third-order valence-corrected chi connectivity index (χ3v) is 8.66. The highest BCUT2D eigenvalue weighted by Crippen LogP contribution is 2.43. The molecule has 0 bridgehead atoms. The lowest BCUT2D eigenvalue weighted by Gasteiger charge is -2.27. The van der Waals surface area contributed by atoms with E-state index in [1.54, 1.807) is 0 Å². The van der Waals surface area contributed by atoms with Gasteiger partial charge in [-0.05, 0) is 65.3 Å². The Morgan fingerprint density at radius 3 is 2.27 bits per heavy atom. The van der Waals surface area contributed by atoms with Crippen LogP contribution < -0.4 is 0 Å². The zero-order valence-corrected chi connectivity index (χ0v) is 26.4. The first kappa shape index (κ1) is 27.9. The number of aryl methyl sites for hydroxylation is 1. The lowest BCUT2D eigenvalue weighted by molar-refractivity contribution is 0.446. The molecule has 0 aliphatic carbocycles. The average Bonchev–Trinajstić information content (AvgIpc) is 3.54. The Hall–Kier alpha value is -4.90. The number of aromatic nitrogens is 3. The number of rotatable bonds is 3. The zero-order chi connectivity index (χ0) is 31.0. The molecule has 7 rings (SSSR count). The molecule has 0 fully saturated rings. The van der Waals surface area contributed by atoms with Crippen LogP contribution >= 0.6 is 0 Å². The van der Waals surface area contributed by atoms with Crippen LogP contribution in [-0.2, 0) is 10.8 Å². The van der Waals surface area contributed by atoms with E-state index in [9.17, 15) is 5.11 Å². The van der Waals surface area contributed by atoms with E-state index in [0.29, 0.717) is 5.75 Å². The van der Waals surface area contributed by atoms with Crippen molar-refractivity contribution in [1.82, 2.24) is 14.4 Å². The van der Waals surface area contributed by atoms with Crippen LogP contribution in [0.25, 0.3) is 61.2 Å². The molecule has 0 radical (unpaired) electrons. The molecular weight excluding hydrogens is 542 g/mol. The van der Waals surface area contributed by atoms with Crippen molar-refractivity contribution in [2.45, 2.75) is 59.3 Å². The van der Waals surface area contributed by atoms with E-state index >= 15 is 0 Å². The van der Waals surface area contributed by atoms with Crippen LogP contribution in [0.15, 0.2) is 95.7 Å². The van der Waals surface area contributed by atoms with Crippen LogP contribution in [0, 0.1) is 6.92 Å². The summed E-state index contributed by atoms with van der Waals surface area (Å²) in [6, 6.07) is 26.9. The maximum Gasteiger partial charge on any atom is 0.145 e. The molecule has 5 nitrogen and oxygen atoms in total. The number of aromatic hydroxyl groups is 1. The van der Waals surface area contributed by atoms with Gasteiger partial charge in [-0.3, -0.25) is 4.98 Å². The summed E-state index contributed by atoms with van der Waals surface area (Å²) in [5, 5.41) is 13.7. The number of phenols is 1. The summed E-state index contributed by atoms with van der Waals surface area (Å²) in [4.78, 5) is 10.0. The molecule has 220 valence electrons. The first-order chi connectivity index (χ1) is 20.9. The van der Waals surface area contributed by atoms with Gasteiger partial charge in [0, 0.05) is 45.7 Å². The van der Waals surface area contributed by atoms with Crippen molar-refractivity contribution in [3.05, 3.63) is 108 Å². The van der Waals surface area contributed by atoms with Gasteiger partial charge in [-0.1, -0.05) is 84.0 Å². The minimum atomic E-state index is -0.226. The molecule has 5 heteroatoms. The van der Waals surface area contributed by atoms with Gasteiger partial charge in [-0.25, -0.2) is 4.98 Å². The Balaban J connectivity index is 1.41. The zero-order valence-electron chi connectivity index (χ0n) is 26.4. The maximum atomic E-state index is 11.6. The first-order valence-electron chi connectivity index (χ1n) is 15.1. The van der Waals surface area contributed by atoms with Crippen LogP contribution in [0.2, 0.25) is 0 Å². The quantitative estimate of drug-likeness (QED) is 0.226. The Kier molecular flexibility index (Phi) is 6.22. The minimum absolute atomic E-state index is 0.0850. The molecule has 0 unspecified atom stereocenters. The molecule has 0 saturated heterocycles. The number of fused-ring (bicyclic) bond motifs is 4. The highest BCUT2D eigenvalue weighted by atomic mass is 16.3. The van der Waals surface area contributed by atoms with Crippen LogP contribution in [-0.4, -0.2) is 19.5 Å². The van der Waals surface area contributed by atoms with Crippen LogP contribution in [0.4, 0.5) is 0 Å². The monoisotopic (exact) mass is 579 g/mol. The van der Waals surface area contributed by atoms with Gasteiger partial charge in [-0.15, -0.1) is 0 Å². The second-order valence-corrected chi connectivity index (χ2v) is 13.8. The molecule has 7 aromatic rings. The van der Waals surface area contributed by atoms with E-state index in [2.05, 4.69) is 107 Å². The molecule has 0 atom stereocenters. The summed E-state index contributed by atoms with van der Waals surface area (Å²) < 4.78 is 8.26. The van der Waals surface area contributed by atoms with Gasteiger partial charge in [0.05, 0.1) is 16.8 Å². The van der Waals surface area contributed by atoms with E-state index in [1.807, 2.05) is 36.7 Å². The van der Waals surface area contributed by atoms with E-state index in [-0.39, 0.29) is 10.8 Å². The standard InChI is InChI=1S/C39H37N3O2/c1-23-34(29-21-26(38(2,3)4)22-30(36(29)43)39(5,6)7)41-37-27(15-11-19-42(23)37)24-12-10-13-25(20-24)35-33-28-14-8-9-16-31(28)44-32(33)17-18-40-35/h8-22,43H,1-7H3. The lowest BCUT2D eigenvalue weighted by atomic mass is 9.78. The largest absolute Gasteiger partial charge is 0.507 e. The number of nitrogens with zero attached hydrogens (tertiary/aromatic N) is 3. The van der Waals surface area contributed by atoms with Gasteiger partial charge in [0.1, 0.15) is 22.6 Å². The predicted molar refractivity (Wildman–Crippen MR) is 180 cm³/mol. The third kappa shape index (κ3) is 4.46. The van der Waals surface area contributed by atoms with E-state index < -0.39 is 0 Å². The molecule has 4 aromatic heterocycles. The summed E-state index contributed by atoms with van der Waals surface area (Å²) in [6.07, 6.45) is 3.85. The van der Waals surface area contributed by atoms with Crippen molar-refractivity contribution in [2.75, 3.05) is 0 Å². The second-order valence-electron chi connectivity index (χ2n) is 13.8. The van der Waals surface area contributed by atoms with Crippen molar-refractivity contribution in [1.29, 1.82) is 0 Å². The highest BCUT2D eigenvalue weighted by Gasteiger charge is 2.27. The fourth-order valence-electron chi connectivity index (χ4n) is 6.21. The highest BCUT2D eigenvalue weighted by molar-refractivity contribution is 6.11. The smallest absolute Gasteiger partial charge is 0.145 e. The topological polar surface area (TPSA) is 63.6 Å². The number of benzene rings is 3. The number of imidazole rings is 1. The number of furan rings is 1. The molecular formula is C39H37N3O2. The summed E-state index contributed by atoms with van der Waals surface area (Å²) in [7, 11) is 0. The maximum absolute atomic E-state index is 11.6. The van der Waals surface area contributed by atoms with E-state index in [1.165, 1.54) is 5.56 Å². The Morgan fingerprint density at radius 2 is 1.50 bits per heavy atom. The van der Waals surface area contributed by atoms with Gasteiger partial charge >= 0.3 is 0 Å². The Morgan fingerprint density at radius 1 is 0.727 bits per heavy atom. The van der Waals surface area contributed by atoms with Crippen molar-refractivity contribution in [3.63, 3.8) is 0 Å². The molecule has 0 saturated carbocycles. The molecule has 4 heterocycles. The molecule has 0 aliphatic heterocycles. The fourth-order valence-corrected chi connectivity index (χ4v) is 6.21. The van der Waals surface area contributed by atoms with Crippen LogP contribution in [0.1, 0.15) is 58.4 Å². The normalized spacial score (nSPS) is 12.5. The van der Waals surface area contributed by atoms with Gasteiger partial charge in [0.15, 0.2) is 0 Å². The summed E-state index contributed by atoms with van der Waals surface area (Å²) in [5.41, 5.74) is 10.8. The Bertz CT molecular complexity index is 2220. The minimum Gasteiger partial charge on any atom is -0.507 e. The van der Waals surface area contributed by atoms with Crippen molar-refractivity contribution in [3.8, 4) is 39.4 Å². The predicted octanol–water partition coefficient (Wildman–Crippen LogP) is 10.2. The number of pyridine rings is 2. The number of phenolic OH excluding ortho intramolecular Hbond substituents is 1. The van der Waals surface area contributed by atoms with Crippen molar-refractivity contribution < 1.29 is 9.52 Å². The van der Waals surface area contributed by atoms with Crippen molar-refractivity contribution >= 4 is 27.6 Å². The van der Waals surface area contributed by atoms with Crippen LogP contribution in [0.3, 0.4) is 0 Å². The van der Waals surface area contributed by atoms with Gasteiger partial charge in [-0.2, -0.15) is 0 Å². The third-order valence-electron chi connectivity index (χ3n) is 8.66. The van der Waals surface area contributed by atoms with E-state index in [0.717, 1.165) is 72.5 Å². The Labute approximate surface area is 257 Å². The molecule has 0 spiro atoms. The molecule has 0 amide bonds. The summed E-state index contributed by atoms with van der Waals surface area (Å²) in [6.45, 7) is 15.1. The average molecular weight is 580 g/mol. The molecule has 3 aromatic carbocycles. The number of para-hydroxylation sites is 1. The van der Waals surface area contributed by atoms with Gasteiger partial charge in [0.25, 0.3) is 0 Å². The van der Waals surface area contributed by atoms with Crippen LogP contribution in [0.5, 0.6) is 5.75 Å². The van der Waals surface area contributed by atoms with Crippen molar-refractivity contribution in [2.24, 2.45) is 0 Å². The first-order valence-corrected chi connectivity index (χ1v) is 15.1. The molecule has 44 heavy (non-hydrogen) atoms. The SMILES string of the molecule is Cc1c(-c2cc(C(C)(C)C)cc(C(C)(C)C)c2O)nc2c(-c3cccc(-c4nccc5oc6ccccc6c45)c3)cccn12. The summed E-state index contributed by atoms with van der Waals surface area (Å²) >= 11 is 0. The summed E-state index contributed by atoms with van der Waals surface area (Å²) in [5.74, 6) is 0.298. The van der Waals surface area contributed by atoms with E-state index in [4.69, 9.17) is 14.4 Å². The van der Waals surface area contributed by atoms with Gasteiger partial charge in [0.2, 0.25) is 0 Å². The molecule has 0 aliphatic rings. The number of hydrogen-bond acceptors (Lipinski definition) is 4. The fraction of sp³-hybridized carbons (Fsp3) is 0.231. The molecule has 1 N–H and O–H groups in total. The van der Waals surface area contributed by atoms with Gasteiger partial charge < -0.3 is 13.9 Å². The lowest BCUT2D eigenvalue weighted by Crippen LogP contribution is -2.17. The number of hydrogen-bond donors (Lipinski definition) is 1. The second kappa shape index (κ2) is 9.81.